The van der Waals surface area contributed by atoms with E-state index in [1.165, 1.54) is 0 Å². The van der Waals surface area contributed by atoms with Crippen molar-refractivity contribution in [3.63, 3.8) is 0 Å². The Balaban J connectivity index is 2.54. The van der Waals surface area contributed by atoms with E-state index in [1.807, 2.05) is 44.2 Å². The number of nitrogens with zero attached hydrogens (tertiary/aromatic N) is 2. The van der Waals surface area contributed by atoms with Crippen LogP contribution in [0.25, 0.3) is 0 Å². The highest BCUT2D eigenvalue weighted by molar-refractivity contribution is 6.81. The summed E-state index contributed by atoms with van der Waals surface area (Å²) in [6.45, 7) is 10.5. The van der Waals surface area contributed by atoms with Gasteiger partial charge in [0.15, 0.2) is 8.24 Å². The third-order valence-electron chi connectivity index (χ3n) is 5.44. The molecular formula is C21H34N2O2Si. The highest BCUT2D eigenvalue weighted by Crippen LogP contribution is 2.40. The van der Waals surface area contributed by atoms with Crippen LogP contribution in [0.2, 0.25) is 18.1 Å². The first-order valence-corrected chi connectivity index (χ1v) is 12.7. The summed E-state index contributed by atoms with van der Waals surface area (Å²) < 4.78 is 1.78. The maximum atomic E-state index is 13.6. The fourth-order valence-corrected chi connectivity index (χ4v) is 9.89. The van der Waals surface area contributed by atoms with Crippen LogP contribution in [0.4, 0.5) is 4.79 Å². The molecule has 1 aliphatic rings. The zero-order chi connectivity index (χ0) is 19.3. The molecule has 0 spiro atoms. The molecule has 0 aliphatic carbocycles. The molecule has 0 radical (unpaired) electrons. The predicted octanol–water partition coefficient (Wildman–Crippen LogP) is 5.58. The van der Waals surface area contributed by atoms with Crippen molar-refractivity contribution >= 4 is 20.2 Å². The second kappa shape index (κ2) is 8.85. The lowest BCUT2D eigenvalue weighted by Crippen LogP contribution is -2.56. The van der Waals surface area contributed by atoms with Crippen LogP contribution in [-0.2, 0) is 4.79 Å². The molecule has 26 heavy (non-hydrogen) atoms. The molecule has 1 aromatic carbocycles. The Morgan fingerprint density at radius 3 is 1.85 bits per heavy atom. The van der Waals surface area contributed by atoms with Crippen molar-refractivity contribution in [2.75, 3.05) is 0 Å². The molecule has 3 amide bonds. The average molecular weight is 375 g/mol. The Hall–Kier alpha value is -1.62. The minimum atomic E-state index is -2.16. The normalized spacial score (nSPS) is 18.3. The zero-order valence-electron chi connectivity index (χ0n) is 17.0. The van der Waals surface area contributed by atoms with Gasteiger partial charge >= 0.3 is 6.03 Å². The summed E-state index contributed by atoms with van der Waals surface area (Å²) in [5.41, 5.74) is 0.925. The molecule has 1 atom stereocenters. The van der Waals surface area contributed by atoms with Gasteiger partial charge in [0, 0.05) is 6.04 Å². The number of imide groups is 1. The van der Waals surface area contributed by atoms with E-state index in [0.717, 1.165) is 43.0 Å². The highest BCUT2D eigenvalue weighted by Gasteiger charge is 2.55. The first-order valence-electron chi connectivity index (χ1n) is 10.1. The van der Waals surface area contributed by atoms with Gasteiger partial charge in [0.25, 0.3) is 0 Å². The van der Waals surface area contributed by atoms with E-state index in [0.29, 0.717) is 0 Å². The van der Waals surface area contributed by atoms with E-state index < -0.39 is 14.3 Å². The second-order valence-corrected chi connectivity index (χ2v) is 12.1. The summed E-state index contributed by atoms with van der Waals surface area (Å²) in [5, 5.41) is 0. The van der Waals surface area contributed by atoms with Crippen LogP contribution in [0.5, 0.6) is 0 Å². The van der Waals surface area contributed by atoms with Crippen molar-refractivity contribution in [2.45, 2.75) is 84.1 Å². The van der Waals surface area contributed by atoms with E-state index in [2.05, 4.69) is 20.8 Å². The van der Waals surface area contributed by atoms with Crippen LogP contribution < -0.4 is 0 Å². The molecule has 0 aromatic heterocycles. The van der Waals surface area contributed by atoms with Gasteiger partial charge in [-0.1, -0.05) is 70.4 Å². The third-order valence-corrected chi connectivity index (χ3v) is 11.1. The first-order chi connectivity index (χ1) is 12.4. The molecule has 4 nitrogen and oxygen atoms in total. The number of carbonyl (C=O) groups is 2. The van der Waals surface area contributed by atoms with Crippen molar-refractivity contribution in [2.24, 2.45) is 0 Å². The monoisotopic (exact) mass is 374 g/mol. The summed E-state index contributed by atoms with van der Waals surface area (Å²) in [6.07, 6.45) is 3.09. The summed E-state index contributed by atoms with van der Waals surface area (Å²) in [5.74, 6) is 0.0110. The van der Waals surface area contributed by atoms with Crippen LogP contribution in [0.1, 0.15) is 65.5 Å². The number of rotatable bonds is 9. The van der Waals surface area contributed by atoms with E-state index in [1.54, 1.807) is 9.47 Å². The number of hydrogen-bond donors (Lipinski definition) is 0. The summed E-state index contributed by atoms with van der Waals surface area (Å²) in [4.78, 5) is 28.9. The van der Waals surface area contributed by atoms with Gasteiger partial charge in [0.05, 0.1) is 0 Å². The Bertz CT molecular complexity index is 601. The molecule has 144 valence electrons. The van der Waals surface area contributed by atoms with Crippen LogP contribution in [0.3, 0.4) is 0 Å². The van der Waals surface area contributed by atoms with Gasteiger partial charge in [-0.25, -0.2) is 4.79 Å². The second-order valence-electron chi connectivity index (χ2n) is 7.74. The molecule has 1 saturated heterocycles. The summed E-state index contributed by atoms with van der Waals surface area (Å²) in [6, 6.07) is 12.3. The van der Waals surface area contributed by atoms with Gasteiger partial charge in [-0.05, 0) is 37.5 Å². The molecular weight excluding hydrogens is 340 g/mol. The SMILES string of the molecule is CCC[Si](CCC)(CCC)N1C(=O)C(c2ccccc2)N(C(C)C)C1=O. The lowest BCUT2D eigenvalue weighted by Gasteiger charge is -2.38. The Labute approximate surface area is 159 Å². The largest absolute Gasteiger partial charge is 0.319 e. The van der Waals surface area contributed by atoms with Crippen LogP contribution in [0, 0.1) is 0 Å². The Morgan fingerprint density at radius 2 is 1.42 bits per heavy atom. The number of hydrogen-bond acceptors (Lipinski definition) is 2. The van der Waals surface area contributed by atoms with Gasteiger partial charge in [0.2, 0.25) is 5.91 Å². The van der Waals surface area contributed by atoms with Crippen LogP contribution in [0.15, 0.2) is 30.3 Å². The van der Waals surface area contributed by atoms with Gasteiger partial charge < -0.3 is 4.90 Å². The lowest BCUT2D eigenvalue weighted by molar-refractivity contribution is -0.126. The van der Waals surface area contributed by atoms with E-state index in [9.17, 15) is 9.59 Å². The van der Waals surface area contributed by atoms with Crippen molar-refractivity contribution in [3.05, 3.63) is 35.9 Å². The molecule has 2 rings (SSSR count). The maximum Gasteiger partial charge on any atom is 0.319 e. The van der Waals surface area contributed by atoms with Gasteiger partial charge in [0.1, 0.15) is 6.04 Å². The van der Waals surface area contributed by atoms with Gasteiger partial charge in [-0.3, -0.25) is 9.36 Å². The van der Waals surface area contributed by atoms with Gasteiger partial charge in [-0.2, -0.15) is 0 Å². The lowest BCUT2D eigenvalue weighted by atomic mass is 10.1. The molecule has 1 aliphatic heterocycles. The fourth-order valence-electron chi connectivity index (χ4n) is 4.56. The number of amides is 3. The van der Waals surface area contributed by atoms with Crippen LogP contribution >= 0.6 is 0 Å². The minimum Gasteiger partial charge on any atom is -0.306 e. The molecule has 0 bridgehead atoms. The Morgan fingerprint density at radius 1 is 0.923 bits per heavy atom. The standard InChI is InChI=1S/C21H34N2O2Si/c1-6-14-26(15-7-2,16-8-3)23-20(24)19(18-12-10-9-11-13-18)22(17(4)5)21(23)25/h9-13,17,19H,6-8,14-16H2,1-5H3. The molecule has 1 aromatic rings. The number of urea groups is 1. The van der Waals surface area contributed by atoms with Gasteiger partial charge in [-0.15, -0.1) is 0 Å². The molecule has 1 unspecified atom stereocenters. The topological polar surface area (TPSA) is 40.6 Å². The first kappa shape index (κ1) is 20.7. The molecule has 1 fully saturated rings. The smallest absolute Gasteiger partial charge is 0.306 e. The quantitative estimate of drug-likeness (QED) is 0.418. The van der Waals surface area contributed by atoms with E-state index in [4.69, 9.17) is 0 Å². The number of carbonyl (C=O) groups excluding carboxylic acids is 2. The van der Waals surface area contributed by atoms with Crippen molar-refractivity contribution in [1.29, 1.82) is 0 Å². The third kappa shape index (κ3) is 3.73. The highest BCUT2D eigenvalue weighted by atomic mass is 28.3. The number of benzene rings is 1. The van der Waals surface area contributed by atoms with Crippen molar-refractivity contribution < 1.29 is 9.59 Å². The molecule has 0 N–H and O–H groups in total. The zero-order valence-corrected chi connectivity index (χ0v) is 18.0. The van der Waals surface area contributed by atoms with Crippen molar-refractivity contribution in [3.8, 4) is 0 Å². The van der Waals surface area contributed by atoms with E-state index >= 15 is 0 Å². The summed E-state index contributed by atoms with van der Waals surface area (Å²) >= 11 is 0. The molecule has 5 heteroatoms. The average Bonchev–Trinajstić information content (AvgIpc) is 2.87. The predicted molar refractivity (Wildman–Crippen MR) is 109 cm³/mol. The summed E-state index contributed by atoms with van der Waals surface area (Å²) in [7, 11) is -2.16. The Kier molecular flexibility index (Phi) is 7.04. The minimum absolute atomic E-state index is 0.00163. The van der Waals surface area contributed by atoms with E-state index in [-0.39, 0.29) is 18.0 Å². The van der Waals surface area contributed by atoms with Crippen molar-refractivity contribution in [1.82, 2.24) is 9.47 Å². The maximum absolute atomic E-state index is 13.6. The molecule has 0 saturated carbocycles. The fraction of sp³-hybridized carbons (Fsp3) is 0.619. The molecule has 1 heterocycles. The van der Waals surface area contributed by atoms with Crippen LogP contribution in [-0.4, -0.2) is 35.7 Å².